The van der Waals surface area contributed by atoms with Crippen LogP contribution in [-0.2, 0) is 6.42 Å². The van der Waals surface area contributed by atoms with Gasteiger partial charge in [-0.1, -0.05) is 17.3 Å². The highest BCUT2D eigenvalue weighted by molar-refractivity contribution is 5.68. The number of aromatic amines is 2. The third-order valence-corrected chi connectivity index (χ3v) is 2.78. The van der Waals surface area contributed by atoms with Crippen LogP contribution in [0.3, 0.4) is 0 Å². The molecule has 0 aliphatic carbocycles. The minimum Gasteiger partial charge on any atom is -0.336 e. The van der Waals surface area contributed by atoms with Crippen LogP contribution in [0.4, 0.5) is 5.69 Å². The largest absolute Gasteiger partial charge is 0.336 e. The molecule has 3 rings (SSSR count). The van der Waals surface area contributed by atoms with Gasteiger partial charge in [-0.15, -0.1) is 5.10 Å². The van der Waals surface area contributed by atoms with Crippen LogP contribution in [0.1, 0.15) is 11.4 Å². The molecule has 0 bridgehead atoms. The van der Waals surface area contributed by atoms with Gasteiger partial charge in [-0.2, -0.15) is 0 Å². The predicted molar refractivity (Wildman–Crippen MR) is 68.2 cm³/mol. The molecule has 0 atom stereocenters. The molecule has 0 amide bonds. The van der Waals surface area contributed by atoms with E-state index in [4.69, 9.17) is 0 Å². The molecule has 2 aromatic heterocycles. The number of nitro benzene ring substituents is 1. The first-order chi connectivity index (χ1) is 9.63. The summed E-state index contributed by atoms with van der Waals surface area (Å²) in [6, 6.07) is 6.12. The van der Waals surface area contributed by atoms with Crippen molar-refractivity contribution < 1.29 is 4.92 Å². The molecule has 20 heavy (non-hydrogen) atoms. The first kappa shape index (κ1) is 12.0. The third-order valence-electron chi connectivity index (χ3n) is 2.78. The van der Waals surface area contributed by atoms with Crippen molar-refractivity contribution in [3.63, 3.8) is 0 Å². The summed E-state index contributed by atoms with van der Waals surface area (Å²) >= 11 is 0. The van der Waals surface area contributed by atoms with Crippen molar-refractivity contribution in [2.24, 2.45) is 0 Å². The molecule has 0 saturated heterocycles. The van der Waals surface area contributed by atoms with E-state index in [1.54, 1.807) is 12.1 Å². The Bertz CT molecular complexity index is 835. The molecule has 100 valence electrons. The molecule has 0 saturated carbocycles. The minimum absolute atomic E-state index is 0.0284. The number of rotatable bonds is 3. The summed E-state index contributed by atoms with van der Waals surface area (Å²) in [5.74, 6) is 0.542. The maximum atomic E-state index is 11.5. The topological polar surface area (TPSA) is 130 Å². The van der Waals surface area contributed by atoms with Crippen LogP contribution in [0.5, 0.6) is 0 Å². The number of benzene rings is 1. The molecule has 3 aromatic rings. The molecule has 9 nitrogen and oxygen atoms in total. The van der Waals surface area contributed by atoms with Crippen LogP contribution in [0.15, 0.2) is 29.1 Å². The molecule has 0 unspecified atom stereocenters. The molecule has 2 N–H and O–H groups in total. The number of nitro groups is 1. The Hall–Kier alpha value is -3.10. The molecule has 9 heteroatoms. The first-order valence-electron chi connectivity index (χ1n) is 5.67. The quantitative estimate of drug-likeness (QED) is 0.528. The zero-order valence-corrected chi connectivity index (χ0v) is 10.0. The zero-order chi connectivity index (χ0) is 14.1. The van der Waals surface area contributed by atoms with E-state index in [0.717, 1.165) is 5.56 Å². The molecule has 0 aliphatic heterocycles. The van der Waals surface area contributed by atoms with Crippen molar-refractivity contribution in [2.75, 3.05) is 0 Å². The number of nitrogens with one attached hydrogen (secondary N) is 2. The van der Waals surface area contributed by atoms with Gasteiger partial charge in [0.2, 0.25) is 5.65 Å². The van der Waals surface area contributed by atoms with Gasteiger partial charge in [0, 0.05) is 18.6 Å². The average Bonchev–Trinajstić information content (AvgIpc) is 2.83. The van der Waals surface area contributed by atoms with Gasteiger partial charge in [0.1, 0.15) is 5.82 Å². The number of non-ortho nitro benzene ring substituents is 1. The van der Waals surface area contributed by atoms with Crippen LogP contribution in [-0.4, -0.2) is 30.3 Å². The third kappa shape index (κ3) is 2.11. The van der Waals surface area contributed by atoms with Crippen molar-refractivity contribution >= 4 is 16.9 Å². The Labute approximate surface area is 110 Å². The SMILES string of the molecule is O=c1[nH]nnc2nc(Cc3ccc([N+](=O)[O-])cc3)[nH]c12. The normalized spacial score (nSPS) is 10.8. The van der Waals surface area contributed by atoms with Crippen LogP contribution in [0.25, 0.3) is 11.2 Å². The monoisotopic (exact) mass is 272 g/mol. The van der Waals surface area contributed by atoms with E-state index in [1.165, 1.54) is 12.1 Å². The van der Waals surface area contributed by atoms with Gasteiger partial charge in [0.25, 0.3) is 11.2 Å². The van der Waals surface area contributed by atoms with E-state index >= 15 is 0 Å². The first-order valence-corrected chi connectivity index (χ1v) is 5.67. The summed E-state index contributed by atoms with van der Waals surface area (Å²) < 4.78 is 0. The summed E-state index contributed by atoms with van der Waals surface area (Å²) in [4.78, 5) is 28.6. The highest BCUT2D eigenvalue weighted by Gasteiger charge is 2.09. The highest BCUT2D eigenvalue weighted by atomic mass is 16.6. The fraction of sp³-hybridized carbons (Fsp3) is 0.0909. The van der Waals surface area contributed by atoms with E-state index < -0.39 is 10.5 Å². The van der Waals surface area contributed by atoms with Crippen LogP contribution >= 0.6 is 0 Å². The Morgan fingerprint density at radius 3 is 2.65 bits per heavy atom. The number of fused-ring (bicyclic) bond motifs is 1. The predicted octanol–water partition coefficient (Wildman–Crippen LogP) is 0.540. The molecule has 0 radical (unpaired) electrons. The van der Waals surface area contributed by atoms with Gasteiger partial charge in [0.05, 0.1) is 4.92 Å². The lowest BCUT2D eigenvalue weighted by Gasteiger charge is -1.97. The summed E-state index contributed by atoms with van der Waals surface area (Å²) in [6.45, 7) is 0. The highest BCUT2D eigenvalue weighted by Crippen LogP contribution is 2.14. The van der Waals surface area contributed by atoms with Crippen LogP contribution in [0.2, 0.25) is 0 Å². The molecular weight excluding hydrogens is 264 g/mol. The molecule has 0 spiro atoms. The summed E-state index contributed by atoms with van der Waals surface area (Å²) in [5, 5.41) is 19.9. The van der Waals surface area contributed by atoms with Crippen LogP contribution < -0.4 is 5.56 Å². The fourth-order valence-corrected chi connectivity index (χ4v) is 1.83. The van der Waals surface area contributed by atoms with Gasteiger partial charge in [-0.25, -0.2) is 10.1 Å². The zero-order valence-electron chi connectivity index (χ0n) is 10.0. The molecular formula is C11H8N6O3. The van der Waals surface area contributed by atoms with E-state index in [9.17, 15) is 14.9 Å². The minimum atomic E-state index is -0.458. The van der Waals surface area contributed by atoms with Gasteiger partial charge < -0.3 is 4.98 Å². The molecule has 1 aromatic carbocycles. The molecule has 2 heterocycles. The van der Waals surface area contributed by atoms with Crippen molar-refractivity contribution in [3.8, 4) is 0 Å². The number of imidazole rings is 1. The fourth-order valence-electron chi connectivity index (χ4n) is 1.83. The maximum absolute atomic E-state index is 11.5. The summed E-state index contributed by atoms with van der Waals surface area (Å²) in [7, 11) is 0. The van der Waals surface area contributed by atoms with Gasteiger partial charge in [-0.3, -0.25) is 14.9 Å². The number of hydrogen-bond donors (Lipinski definition) is 2. The summed E-state index contributed by atoms with van der Waals surface area (Å²) in [5.41, 5.74) is 0.972. The van der Waals surface area contributed by atoms with Crippen molar-refractivity contribution in [1.29, 1.82) is 0 Å². The van der Waals surface area contributed by atoms with E-state index in [2.05, 4.69) is 25.4 Å². The van der Waals surface area contributed by atoms with Crippen LogP contribution in [0, 0.1) is 10.1 Å². The molecule has 0 fully saturated rings. The average molecular weight is 272 g/mol. The Balaban J connectivity index is 1.91. The van der Waals surface area contributed by atoms with E-state index in [0.29, 0.717) is 12.2 Å². The second-order valence-corrected chi connectivity index (χ2v) is 4.12. The maximum Gasteiger partial charge on any atom is 0.293 e. The number of H-pyrrole nitrogens is 2. The second kappa shape index (κ2) is 4.53. The number of aromatic nitrogens is 5. The lowest BCUT2D eigenvalue weighted by atomic mass is 10.1. The number of hydrogen-bond acceptors (Lipinski definition) is 6. The van der Waals surface area contributed by atoms with Gasteiger partial charge >= 0.3 is 0 Å². The standard InChI is InChI=1S/C11H8N6O3/c18-11-9-10(14-16-15-11)13-8(12-9)5-6-1-3-7(4-2-6)17(19)20/h1-4H,5H2,(H2,12,13,14,15,18). The van der Waals surface area contributed by atoms with Gasteiger partial charge in [-0.05, 0) is 5.56 Å². The smallest absolute Gasteiger partial charge is 0.293 e. The Kier molecular flexibility index (Phi) is 2.71. The Morgan fingerprint density at radius 2 is 2.00 bits per heavy atom. The van der Waals surface area contributed by atoms with Gasteiger partial charge in [0.15, 0.2) is 5.52 Å². The van der Waals surface area contributed by atoms with Crippen molar-refractivity contribution in [2.45, 2.75) is 6.42 Å². The lowest BCUT2D eigenvalue weighted by molar-refractivity contribution is -0.384. The van der Waals surface area contributed by atoms with E-state index in [1.807, 2.05) is 0 Å². The van der Waals surface area contributed by atoms with Crippen molar-refractivity contribution in [3.05, 3.63) is 56.1 Å². The summed E-state index contributed by atoms with van der Waals surface area (Å²) in [6.07, 6.45) is 0.411. The van der Waals surface area contributed by atoms with Crippen molar-refractivity contribution in [1.82, 2.24) is 25.4 Å². The lowest BCUT2D eigenvalue weighted by Crippen LogP contribution is -2.09. The number of nitrogens with zero attached hydrogens (tertiary/aromatic N) is 4. The second-order valence-electron chi connectivity index (χ2n) is 4.12. The van der Waals surface area contributed by atoms with E-state index in [-0.39, 0.29) is 16.9 Å². The Morgan fingerprint density at radius 1 is 1.25 bits per heavy atom. The molecule has 0 aliphatic rings.